The Bertz CT molecular complexity index is 373. The quantitative estimate of drug-likeness (QED) is 0.735. The monoisotopic (exact) mass is 296 g/mol. The Hall–Kier alpha value is -1.14. The summed E-state index contributed by atoms with van der Waals surface area (Å²) in [6, 6.07) is 0.449. The van der Waals surface area contributed by atoms with Gasteiger partial charge in [-0.3, -0.25) is 14.5 Å². The van der Waals surface area contributed by atoms with E-state index in [4.69, 9.17) is 5.73 Å². The molecule has 120 valence electrons. The number of carbonyl (C=O) groups is 2. The normalized spacial score (nSPS) is 27.6. The van der Waals surface area contributed by atoms with Crippen molar-refractivity contribution in [2.24, 2.45) is 11.7 Å². The lowest BCUT2D eigenvalue weighted by Crippen LogP contribution is -2.52. The summed E-state index contributed by atoms with van der Waals surface area (Å²) in [5.74, 6) is -0.306. The third-order valence-electron chi connectivity index (χ3n) is 4.70. The molecule has 2 saturated heterocycles. The summed E-state index contributed by atoms with van der Waals surface area (Å²) >= 11 is 0. The third-order valence-corrected chi connectivity index (χ3v) is 4.70. The summed E-state index contributed by atoms with van der Waals surface area (Å²) in [6.07, 6.45) is 5.24. The van der Waals surface area contributed by atoms with Gasteiger partial charge in [0, 0.05) is 25.7 Å². The highest BCUT2D eigenvalue weighted by atomic mass is 16.2. The first kappa shape index (κ1) is 16.2. The molecule has 0 aliphatic carbocycles. The lowest BCUT2D eigenvalue weighted by atomic mass is 9.97. The number of primary amides is 1. The standard InChI is InChI=1S/C15H28N4O2/c1-17-9-13-6-2-3-7-18(13)11-14(20)19-8-4-5-12(10-19)15(16)21/h12-13,17H,2-11H2,1H3,(H2,16,21). The molecular formula is C15H28N4O2. The van der Waals surface area contributed by atoms with Crippen LogP contribution in [0.15, 0.2) is 0 Å². The fourth-order valence-electron chi connectivity index (χ4n) is 3.44. The van der Waals surface area contributed by atoms with Crippen molar-refractivity contribution in [1.82, 2.24) is 15.1 Å². The molecule has 2 heterocycles. The molecule has 0 aromatic carbocycles. The van der Waals surface area contributed by atoms with Crippen LogP contribution in [0.3, 0.4) is 0 Å². The van der Waals surface area contributed by atoms with Gasteiger partial charge in [0.2, 0.25) is 11.8 Å². The van der Waals surface area contributed by atoms with Crippen molar-refractivity contribution >= 4 is 11.8 Å². The van der Waals surface area contributed by atoms with Crippen molar-refractivity contribution in [3.05, 3.63) is 0 Å². The van der Waals surface area contributed by atoms with Crippen LogP contribution in [0.5, 0.6) is 0 Å². The number of hydrogen-bond donors (Lipinski definition) is 2. The topological polar surface area (TPSA) is 78.7 Å². The summed E-state index contributed by atoms with van der Waals surface area (Å²) in [7, 11) is 1.96. The average molecular weight is 296 g/mol. The second-order valence-electron chi connectivity index (χ2n) is 6.26. The number of nitrogens with two attached hydrogens (primary N) is 1. The number of likely N-dealkylation sites (tertiary alicyclic amines) is 2. The molecule has 6 heteroatoms. The minimum Gasteiger partial charge on any atom is -0.369 e. The largest absolute Gasteiger partial charge is 0.369 e. The summed E-state index contributed by atoms with van der Waals surface area (Å²) < 4.78 is 0. The van der Waals surface area contributed by atoms with E-state index in [-0.39, 0.29) is 17.7 Å². The van der Waals surface area contributed by atoms with Gasteiger partial charge >= 0.3 is 0 Å². The van der Waals surface area contributed by atoms with Gasteiger partial charge in [0.1, 0.15) is 0 Å². The first-order chi connectivity index (χ1) is 10.1. The van der Waals surface area contributed by atoms with Crippen LogP contribution in [0.2, 0.25) is 0 Å². The Morgan fingerprint density at radius 3 is 2.71 bits per heavy atom. The van der Waals surface area contributed by atoms with Crippen LogP contribution >= 0.6 is 0 Å². The molecule has 0 saturated carbocycles. The van der Waals surface area contributed by atoms with Gasteiger partial charge in [-0.25, -0.2) is 0 Å². The fraction of sp³-hybridized carbons (Fsp3) is 0.867. The first-order valence-electron chi connectivity index (χ1n) is 8.07. The van der Waals surface area contributed by atoms with E-state index in [2.05, 4.69) is 10.2 Å². The van der Waals surface area contributed by atoms with E-state index in [1.54, 1.807) is 0 Å². The molecule has 2 unspecified atom stereocenters. The van der Waals surface area contributed by atoms with Gasteiger partial charge in [-0.15, -0.1) is 0 Å². The minimum absolute atomic E-state index is 0.143. The summed E-state index contributed by atoms with van der Waals surface area (Å²) in [6.45, 7) is 3.64. The van der Waals surface area contributed by atoms with Crippen LogP contribution in [-0.2, 0) is 9.59 Å². The number of piperidine rings is 2. The molecule has 6 nitrogen and oxygen atoms in total. The maximum atomic E-state index is 12.5. The second-order valence-corrected chi connectivity index (χ2v) is 6.26. The van der Waals surface area contributed by atoms with Gasteiger partial charge in [0.25, 0.3) is 0 Å². The van der Waals surface area contributed by atoms with E-state index >= 15 is 0 Å². The Kier molecular flexibility index (Phi) is 5.99. The minimum atomic E-state index is -0.279. The molecule has 2 rings (SSSR count). The zero-order chi connectivity index (χ0) is 15.2. The number of hydrogen-bond acceptors (Lipinski definition) is 4. The Morgan fingerprint density at radius 2 is 2.00 bits per heavy atom. The molecule has 2 amide bonds. The van der Waals surface area contributed by atoms with Crippen molar-refractivity contribution in [1.29, 1.82) is 0 Å². The predicted molar refractivity (Wildman–Crippen MR) is 81.6 cm³/mol. The lowest BCUT2D eigenvalue weighted by Gasteiger charge is -2.38. The molecule has 2 aliphatic rings. The highest BCUT2D eigenvalue weighted by Gasteiger charge is 2.30. The van der Waals surface area contributed by atoms with Crippen molar-refractivity contribution in [3.8, 4) is 0 Å². The number of amides is 2. The number of nitrogens with one attached hydrogen (secondary N) is 1. The van der Waals surface area contributed by atoms with E-state index in [0.29, 0.717) is 19.1 Å². The molecule has 0 bridgehead atoms. The van der Waals surface area contributed by atoms with Crippen LogP contribution < -0.4 is 11.1 Å². The maximum absolute atomic E-state index is 12.5. The second kappa shape index (κ2) is 7.75. The Morgan fingerprint density at radius 1 is 1.19 bits per heavy atom. The van der Waals surface area contributed by atoms with Crippen molar-refractivity contribution < 1.29 is 9.59 Å². The molecule has 2 atom stereocenters. The molecule has 2 fully saturated rings. The maximum Gasteiger partial charge on any atom is 0.236 e. The van der Waals surface area contributed by atoms with Gasteiger partial charge in [0.05, 0.1) is 12.5 Å². The summed E-state index contributed by atoms with van der Waals surface area (Å²) in [5, 5.41) is 3.21. The van der Waals surface area contributed by atoms with Gasteiger partial charge in [-0.2, -0.15) is 0 Å². The van der Waals surface area contributed by atoms with Crippen molar-refractivity contribution in [3.63, 3.8) is 0 Å². The van der Waals surface area contributed by atoms with Gasteiger partial charge in [-0.05, 0) is 39.3 Å². The van der Waals surface area contributed by atoms with Gasteiger partial charge in [0.15, 0.2) is 0 Å². The van der Waals surface area contributed by atoms with Crippen LogP contribution in [0.1, 0.15) is 32.1 Å². The van der Waals surface area contributed by atoms with Gasteiger partial charge in [-0.1, -0.05) is 6.42 Å². The van der Waals surface area contributed by atoms with Crippen LogP contribution in [0.25, 0.3) is 0 Å². The van der Waals surface area contributed by atoms with Crippen molar-refractivity contribution in [2.45, 2.75) is 38.1 Å². The predicted octanol–water partition coefficient (Wildman–Crippen LogP) is -0.216. The van der Waals surface area contributed by atoms with E-state index < -0.39 is 0 Å². The Balaban J connectivity index is 1.88. The van der Waals surface area contributed by atoms with Crippen LogP contribution in [0.4, 0.5) is 0 Å². The van der Waals surface area contributed by atoms with Gasteiger partial charge < -0.3 is 16.0 Å². The van der Waals surface area contributed by atoms with E-state index in [1.807, 2.05) is 11.9 Å². The summed E-state index contributed by atoms with van der Waals surface area (Å²) in [4.78, 5) is 27.9. The van der Waals surface area contributed by atoms with E-state index in [0.717, 1.165) is 45.3 Å². The average Bonchev–Trinajstić information content (AvgIpc) is 2.49. The van der Waals surface area contributed by atoms with Crippen molar-refractivity contribution in [2.75, 3.05) is 39.8 Å². The molecule has 21 heavy (non-hydrogen) atoms. The zero-order valence-corrected chi connectivity index (χ0v) is 13.0. The molecular weight excluding hydrogens is 268 g/mol. The fourth-order valence-corrected chi connectivity index (χ4v) is 3.44. The van der Waals surface area contributed by atoms with Crippen LogP contribution in [0, 0.1) is 5.92 Å². The number of likely N-dealkylation sites (N-methyl/N-ethyl adjacent to an activating group) is 1. The number of carbonyl (C=O) groups excluding carboxylic acids is 2. The molecule has 3 N–H and O–H groups in total. The Labute approximate surface area is 127 Å². The first-order valence-corrected chi connectivity index (χ1v) is 8.07. The van der Waals surface area contributed by atoms with E-state index in [9.17, 15) is 9.59 Å². The highest BCUT2D eigenvalue weighted by Crippen LogP contribution is 2.19. The number of rotatable bonds is 5. The third kappa shape index (κ3) is 4.41. The SMILES string of the molecule is CNCC1CCCCN1CC(=O)N1CCCC(C(N)=O)C1. The zero-order valence-electron chi connectivity index (χ0n) is 13.0. The van der Waals surface area contributed by atoms with E-state index in [1.165, 1.54) is 6.42 Å². The lowest BCUT2D eigenvalue weighted by molar-refractivity contribution is -0.136. The molecule has 0 aromatic heterocycles. The molecule has 0 radical (unpaired) electrons. The molecule has 0 aromatic rings. The van der Waals surface area contributed by atoms with Crippen LogP contribution in [-0.4, -0.2) is 67.4 Å². The number of nitrogens with zero attached hydrogens (tertiary/aromatic N) is 2. The molecule has 2 aliphatic heterocycles. The smallest absolute Gasteiger partial charge is 0.236 e. The molecule has 0 spiro atoms. The highest BCUT2D eigenvalue weighted by molar-refractivity contribution is 5.81. The summed E-state index contributed by atoms with van der Waals surface area (Å²) in [5.41, 5.74) is 5.38.